The van der Waals surface area contributed by atoms with Crippen molar-refractivity contribution in [3.8, 4) is 44.8 Å². The molecule has 0 atom stereocenters. The Kier molecular flexibility index (Phi) is 5.35. The predicted octanol–water partition coefficient (Wildman–Crippen LogP) is 10.4. The largest absolute Gasteiger partial charge is 0.299 e. The highest BCUT2D eigenvalue weighted by Crippen LogP contribution is 2.41. The van der Waals surface area contributed by atoms with Crippen molar-refractivity contribution in [1.29, 1.82) is 0 Å². The van der Waals surface area contributed by atoms with E-state index in [0.717, 1.165) is 28.2 Å². The Morgan fingerprint density at radius 2 is 1.15 bits per heavy atom. The molecule has 0 aliphatic rings. The normalized spacial score (nSPS) is 11.5. The molecule has 0 radical (unpaired) electrons. The monoisotopic (exact) mass is 528 g/mol. The second kappa shape index (κ2) is 9.33. The minimum Gasteiger partial charge on any atom is -0.299 e. The molecule has 0 amide bonds. The molecule has 40 heavy (non-hydrogen) atoms. The van der Waals surface area contributed by atoms with Gasteiger partial charge >= 0.3 is 0 Å². The SMILES string of the molecule is c1ccc(-c2c(-c3cccc(-c4cccc(-c5cccc6c5sc5ccccc56)c4)c3)nc3ccccn23)cc1. The average molecular weight is 529 g/mol. The fourth-order valence-corrected chi connectivity index (χ4v) is 6.99. The van der Waals surface area contributed by atoms with E-state index in [0.29, 0.717) is 0 Å². The lowest BCUT2D eigenvalue weighted by Crippen LogP contribution is -1.89. The molecule has 8 rings (SSSR count). The number of hydrogen-bond donors (Lipinski definition) is 0. The fourth-order valence-electron chi connectivity index (χ4n) is 5.76. The number of thiophene rings is 1. The maximum absolute atomic E-state index is 5.08. The molecule has 0 unspecified atom stereocenters. The molecule has 3 heteroatoms. The van der Waals surface area contributed by atoms with Crippen LogP contribution in [0.4, 0.5) is 0 Å². The van der Waals surface area contributed by atoms with Crippen molar-refractivity contribution in [2.75, 3.05) is 0 Å². The molecular weight excluding hydrogens is 504 g/mol. The van der Waals surface area contributed by atoms with Crippen LogP contribution in [0.5, 0.6) is 0 Å². The van der Waals surface area contributed by atoms with Crippen molar-refractivity contribution in [2.45, 2.75) is 0 Å². The quantitative estimate of drug-likeness (QED) is 0.222. The zero-order chi connectivity index (χ0) is 26.5. The Morgan fingerprint density at radius 1 is 0.500 bits per heavy atom. The molecule has 0 aliphatic heterocycles. The van der Waals surface area contributed by atoms with Gasteiger partial charge in [-0.1, -0.05) is 109 Å². The first kappa shape index (κ1) is 22.9. The van der Waals surface area contributed by atoms with Gasteiger partial charge in [0.15, 0.2) is 0 Å². The van der Waals surface area contributed by atoms with E-state index in [2.05, 4.69) is 144 Å². The lowest BCUT2D eigenvalue weighted by Gasteiger charge is -2.10. The number of nitrogens with zero attached hydrogens (tertiary/aromatic N) is 2. The summed E-state index contributed by atoms with van der Waals surface area (Å²) in [4.78, 5) is 5.08. The van der Waals surface area contributed by atoms with Crippen molar-refractivity contribution in [3.63, 3.8) is 0 Å². The third kappa shape index (κ3) is 3.75. The number of hydrogen-bond acceptors (Lipinski definition) is 2. The molecule has 0 saturated heterocycles. The summed E-state index contributed by atoms with van der Waals surface area (Å²) in [5.74, 6) is 0. The van der Waals surface area contributed by atoms with Gasteiger partial charge in [-0.05, 0) is 52.6 Å². The Bertz CT molecular complexity index is 2170. The molecule has 0 saturated carbocycles. The van der Waals surface area contributed by atoms with Gasteiger partial charge < -0.3 is 0 Å². The van der Waals surface area contributed by atoms with Gasteiger partial charge in [-0.3, -0.25) is 4.40 Å². The van der Waals surface area contributed by atoms with Crippen LogP contribution in [0.15, 0.2) is 146 Å². The van der Waals surface area contributed by atoms with Crippen LogP contribution in [-0.2, 0) is 0 Å². The third-order valence-electron chi connectivity index (χ3n) is 7.62. The van der Waals surface area contributed by atoms with E-state index in [1.165, 1.54) is 42.4 Å². The maximum Gasteiger partial charge on any atom is 0.137 e. The zero-order valence-corrected chi connectivity index (χ0v) is 22.5. The Hall–Kier alpha value is -4.99. The van der Waals surface area contributed by atoms with Gasteiger partial charge in [0.25, 0.3) is 0 Å². The highest BCUT2D eigenvalue weighted by Gasteiger charge is 2.16. The van der Waals surface area contributed by atoms with Crippen molar-refractivity contribution >= 4 is 37.2 Å². The number of pyridine rings is 1. The van der Waals surface area contributed by atoms with E-state index in [-0.39, 0.29) is 0 Å². The fraction of sp³-hybridized carbons (Fsp3) is 0. The minimum absolute atomic E-state index is 0.945. The second-order valence-electron chi connectivity index (χ2n) is 10.0. The zero-order valence-electron chi connectivity index (χ0n) is 21.7. The summed E-state index contributed by atoms with van der Waals surface area (Å²) >= 11 is 1.88. The van der Waals surface area contributed by atoms with Crippen molar-refractivity contribution in [3.05, 3.63) is 146 Å². The summed E-state index contributed by atoms with van der Waals surface area (Å²) in [5.41, 5.74) is 10.2. The molecule has 0 fully saturated rings. The molecular formula is C37H24N2S. The van der Waals surface area contributed by atoms with Gasteiger partial charge in [0.1, 0.15) is 5.65 Å². The first-order valence-electron chi connectivity index (χ1n) is 13.5. The highest BCUT2D eigenvalue weighted by atomic mass is 32.1. The predicted molar refractivity (Wildman–Crippen MR) is 170 cm³/mol. The van der Waals surface area contributed by atoms with Crippen LogP contribution in [0.1, 0.15) is 0 Å². The van der Waals surface area contributed by atoms with Crippen molar-refractivity contribution < 1.29 is 0 Å². The molecule has 188 valence electrons. The van der Waals surface area contributed by atoms with E-state index in [1.54, 1.807) is 0 Å². The van der Waals surface area contributed by atoms with Crippen molar-refractivity contribution in [2.24, 2.45) is 0 Å². The molecule has 0 spiro atoms. The van der Waals surface area contributed by atoms with Gasteiger partial charge in [-0.2, -0.15) is 0 Å². The number of imidazole rings is 1. The number of fused-ring (bicyclic) bond motifs is 4. The lowest BCUT2D eigenvalue weighted by molar-refractivity contribution is 1.19. The molecule has 0 aliphatic carbocycles. The van der Waals surface area contributed by atoms with E-state index in [4.69, 9.17) is 4.98 Å². The average Bonchev–Trinajstić information content (AvgIpc) is 3.61. The standard InChI is InChI=1S/C37H24N2S/c1-2-11-25(12-3-1)36-35(38-34-21-6-7-22-39(34)36)29-16-9-14-27(24-29)26-13-8-15-28(23-26)30-18-10-19-32-31-17-4-5-20-33(31)40-37(30)32/h1-24H. The minimum atomic E-state index is 0.945. The Labute approximate surface area is 236 Å². The van der Waals surface area contributed by atoms with Crippen LogP contribution in [-0.4, -0.2) is 9.38 Å². The molecule has 0 bridgehead atoms. The summed E-state index contributed by atoms with van der Waals surface area (Å²) in [7, 11) is 0. The van der Waals surface area contributed by atoms with E-state index < -0.39 is 0 Å². The van der Waals surface area contributed by atoms with Crippen LogP contribution >= 0.6 is 11.3 Å². The highest BCUT2D eigenvalue weighted by molar-refractivity contribution is 7.26. The number of rotatable bonds is 4. The maximum atomic E-state index is 5.08. The van der Waals surface area contributed by atoms with Crippen LogP contribution in [0, 0.1) is 0 Å². The molecule has 3 aromatic heterocycles. The van der Waals surface area contributed by atoms with Crippen LogP contribution in [0.2, 0.25) is 0 Å². The lowest BCUT2D eigenvalue weighted by atomic mass is 9.96. The molecule has 0 N–H and O–H groups in total. The van der Waals surface area contributed by atoms with Crippen LogP contribution in [0.3, 0.4) is 0 Å². The first-order valence-corrected chi connectivity index (χ1v) is 14.3. The Morgan fingerprint density at radius 3 is 2.02 bits per heavy atom. The van der Waals surface area contributed by atoms with E-state index >= 15 is 0 Å². The topological polar surface area (TPSA) is 17.3 Å². The van der Waals surface area contributed by atoms with Gasteiger partial charge in [-0.25, -0.2) is 4.98 Å². The van der Waals surface area contributed by atoms with Gasteiger partial charge in [0.2, 0.25) is 0 Å². The Balaban J connectivity index is 1.26. The first-order chi connectivity index (χ1) is 19.8. The summed E-state index contributed by atoms with van der Waals surface area (Å²) in [6.45, 7) is 0. The van der Waals surface area contributed by atoms with Crippen LogP contribution < -0.4 is 0 Å². The molecule has 8 aromatic rings. The van der Waals surface area contributed by atoms with E-state index in [1.807, 2.05) is 17.4 Å². The number of benzene rings is 5. The summed E-state index contributed by atoms with van der Waals surface area (Å²) in [6, 6.07) is 49.7. The van der Waals surface area contributed by atoms with Gasteiger partial charge in [0.05, 0.1) is 11.4 Å². The second-order valence-corrected chi connectivity index (χ2v) is 11.1. The van der Waals surface area contributed by atoms with Gasteiger partial charge in [0, 0.05) is 37.5 Å². The summed E-state index contributed by atoms with van der Waals surface area (Å²) < 4.78 is 4.85. The summed E-state index contributed by atoms with van der Waals surface area (Å²) in [6.07, 6.45) is 2.09. The molecule has 5 aromatic carbocycles. The number of aromatic nitrogens is 2. The molecule has 3 heterocycles. The smallest absolute Gasteiger partial charge is 0.137 e. The van der Waals surface area contributed by atoms with E-state index in [9.17, 15) is 0 Å². The van der Waals surface area contributed by atoms with Crippen LogP contribution in [0.25, 0.3) is 70.6 Å². The summed E-state index contributed by atoms with van der Waals surface area (Å²) in [5, 5.41) is 2.65. The molecule has 2 nitrogen and oxygen atoms in total. The third-order valence-corrected chi connectivity index (χ3v) is 8.84. The van der Waals surface area contributed by atoms with Crippen molar-refractivity contribution in [1.82, 2.24) is 9.38 Å². The van der Waals surface area contributed by atoms with Gasteiger partial charge in [-0.15, -0.1) is 11.3 Å².